The molecular weight excluding hydrogens is 166 g/mol. The minimum atomic E-state index is -0.135. The Balaban J connectivity index is 3.47. The number of nitrogens with two attached hydrogens (primary N) is 1. The van der Waals surface area contributed by atoms with Crippen LogP contribution in [0.1, 0.15) is 23.7 Å². The van der Waals surface area contributed by atoms with Crippen molar-refractivity contribution in [2.45, 2.75) is 20.8 Å². The molecule has 0 radical (unpaired) electrons. The molecule has 0 aliphatic heterocycles. The molecule has 70 valence electrons. The first kappa shape index (κ1) is 9.51. The van der Waals surface area contributed by atoms with E-state index in [0.29, 0.717) is 11.3 Å². The molecule has 1 rings (SSSR count). The quantitative estimate of drug-likeness (QED) is 0.378. The Morgan fingerprint density at radius 2 is 2.15 bits per heavy atom. The van der Waals surface area contributed by atoms with E-state index >= 15 is 0 Å². The van der Waals surface area contributed by atoms with Gasteiger partial charge in [0.05, 0.1) is 11.3 Å². The molecule has 1 aromatic rings. The number of pyridine rings is 1. The van der Waals surface area contributed by atoms with Crippen molar-refractivity contribution in [3.8, 4) is 0 Å². The molecule has 0 saturated heterocycles. The highest BCUT2D eigenvalue weighted by atomic mass is 16.1. The summed E-state index contributed by atoms with van der Waals surface area (Å²) in [5, 5.41) is 3.51. The molecule has 3 N–H and O–H groups in total. The van der Waals surface area contributed by atoms with Gasteiger partial charge in [0, 0.05) is 5.69 Å². The molecule has 0 saturated carbocycles. The van der Waals surface area contributed by atoms with Gasteiger partial charge in [-0.05, 0) is 32.4 Å². The number of nitrogens with one attached hydrogen (secondary N) is 1. The number of rotatable bonds is 1. The third-order valence-electron chi connectivity index (χ3n) is 1.92. The Bertz CT molecular complexity index is 404. The van der Waals surface area contributed by atoms with E-state index in [0.717, 1.165) is 11.3 Å². The van der Waals surface area contributed by atoms with Crippen LogP contribution in [0, 0.1) is 13.8 Å². The molecule has 0 fully saturated rings. The van der Waals surface area contributed by atoms with Crippen LogP contribution < -0.4 is 11.4 Å². The Morgan fingerprint density at radius 1 is 1.54 bits per heavy atom. The van der Waals surface area contributed by atoms with Crippen molar-refractivity contribution in [1.29, 1.82) is 0 Å². The number of aryl methyl sites for hydroxylation is 2. The average molecular weight is 179 g/mol. The fraction of sp³-hybridized carbons (Fsp3) is 0.333. The molecule has 4 nitrogen and oxygen atoms in total. The van der Waals surface area contributed by atoms with Crippen molar-refractivity contribution in [2.24, 2.45) is 10.9 Å². The van der Waals surface area contributed by atoms with E-state index in [9.17, 15) is 4.79 Å². The minimum Gasteiger partial charge on any atom is -0.326 e. The minimum absolute atomic E-state index is 0.135. The predicted octanol–water partition coefficient (Wildman–Crippen LogP) is 0.674. The maximum atomic E-state index is 11.5. The van der Waals surface area contributed by atoms with Crippen LogP contribution in [0.4, 0.5) is 0 Å². The van der Waals surface area contributed by atoms with Gasteiger partial charge in [0.15, 0.2) is 0 Å². The van der Waals surface area contributed by atoms with Crippen LogP contribution in [-0.2, 0) is 0 Å². The van der Waals surface area contributed by atoms with Crippen LogP contribution in [-0.4, -0.2) is 10.7 Å². The maximum absolute atomic E-state index is 11.5. The van der Waals surface area contributed by atoms with E-state index < -0.39 is 0 Å². The van der Waals surface area contributed by atoms with Crippen molar-refractivity contribution < 1.29 is 0 Å². The first-order chi connectivity index (χ1) is 6.06. The molecule has 0 aliphatic rings. The molecule has 1 heterocycles. The van der Waals surface area contributed by atoms with Crippen molar-refractivity contribution in [3.63, 3.8) is 0 Å². The molecule has 0 amide bonds. The number of aromatic amines is 1. The van der Waals surface area contributed by atoms with E-state index in [4.69, 9.17) is 5.84 Å². The van der Waals surface area contributed by atoms with Crippen LogP contribution in [0.5, 0.6) is 0 Å². The Morgan fingerprint density at radius 3 is 2.62 bits per heavy atom. The van der Waals surface area contributed by atoms with Gasteiger partial charge in [-0.1, -0.05) is 0 Å². The van der Waals surface area contributed by atoms with E-state index in [-0.39, 0.29) is 5.56 Å². The fourth-order valence-corrected chi connectivity index (χ4v) is 1.37. The van der Waals surface area contributed by atoms with E-state index in [1.165, 1.54) is 0 Å². The van der Waals surface area contributed by atoms with Crippen molar-refractivity contribution in [1.82, 2.24) is 4.98 Å². The second kappa shape index (κ2) is 3.43. The summed E-state index contributed by atoms with van der Waals surface area (Å²) in [6.45, 7) is 5.42. The Labute approximate surface area is 76.5 Å². The first-order valence-electron chi connectivity index (χ1n) is 4.01. The van der Waals surface area contributed by atoms with Gasteiger partial charge in [0.1, 0.15) is 0 Å². The molecule has 0 bridgehead atoms. The molecule has 0 aromatic carbocycles. The lowest BCUT2D eigenvalue weighted by Gasteiger charge is -2.03. The molecule has 1 aromatic heterocycles. The average Bonchev–Trinajstić information content (AvgIpc) is 2.02. The third-order valence-corrected chi connectivity index (χ3v) is 1.92. The number of H-pyrrole nitrogens is 1. The second-order valence-corrected chi connectivity index (χ2v) is 3.05. The first-order valence-corrected chi connectivity index (χ1v) is 4.01. The van der Waals surface area contributed by atoms with Crippen LogP contribution in [0.2, 0.25) is 0 Å². The highest BCUT2D eigenvalue weighted by Crippen LogP contribution is 2.04. The zero-order chi connectivity index (χ0) is 10.0. The molecule has 0 aliphatic carbocycles. The van der Waals surface area contributed by atoms with E-state index in [2.05, 4.69) is 10.1 Å². The van der Waals surface area contributed by atoms with Crippen LogP contribution in [0.3, 0.4) is 0 Å². The monoisotopic (exact) mass is 179 g/mol. The number of aromatic nitrogens is 1. The Kier molecular flexibility index (Phi) is 2.51. The maximum Gasteiger partial charge on any atom is 0.257 e. The van der Waals surface area contributed by atoms with Crippen LogP contribution in [0.15, 0.2) is 16.0 Å². The summed E-state index contributed by atoms with van der Waals surface area (Å²) in [7, 11) is 0. The number of nitrogens with zero attached hydrogens (tertiary/aromatic N) is 1. The summed E-state index contributed by atoms with van der Waals surface area (Å²) < 4.78 is 0. The molecule has 0 spiro atoms. The number of hydrazone groups is 1. The Hall–Kier alpha value is -1.58. The van der Waals surface area contributed by atoms with E-state index in [1.54, 1.807) is 6.92 Å². The number of hydrogen-bond acceptors (Lipinski definition) is 3. The third kappa shape index (κ3) is 1.77. The van der Waals surface area contributed by atoms with E-state index in [1.807, 2.05) is 19.9 Å². The SMILES string of the molecule is C/C(=N/N)c1c(C)cc(C)[nH]c1=O. The smallest absolute Gasteiger partial charge is 0.257 e. The van der Waals surface area contributed by atoms with Crippen LogP contribution >= 0.6 is 0 Å². The lowest BCUT2D eigenvalue weighted by molar-refractivity contribution is 1.10. The van der Waals surface area contributed by atoms with Gasteiger partial charge in [-0.2, -0.15) is 5.10 Å². The van der Waals surface area contributed by atoms with Gasteiger partial charge in [-0.25, -0.2) is 0 Å². The highest BCUT2D eigenvalue weighted by molar-refractivity contribution is 5.99. The summed E-state index contributed by atoms with van der Waals surface area (Å²) in [5.74, 6) is 5.12. The van der Waals surface area contributed by atoms with Crippen molar-refractivity contribution in [3.05, 3.63) is 33.2 Å². The summed E-state index contributed by atoms with van der Waals surface area (Å²) in [6.07, 6.45) is 0. The van der Waals surface area contributed by atoms with Crippen LogP contribution in [0.25, 0.3) is 0 Å². The topological polar surface area (TPSA) is 71.2 Å². The standard InChI is InChI=1S/C9H13N3O/c1-5-4-6(2)11-9(13)8(5)7(3)12-10/h4H,10H2,1-3H3,(H,11,13)/b12-7-. The van der Waals surface area contributed by atoms with Gasteiger partial charge in [0.2, 0.25) is 0 Å². The predicted molar refractivity (Wildman–Crippen MR) is 52.9 cm³/mol. The lowest BCUT2D eigenvalue weighted by atomic mass is 10.1. The molecular formula is C9H13N3O. The summed E-state index contributed by atoms with van der Waals surface area (Å²) in [6, 6.07) is 1.89. The summed E-state index contributed by atoms with van der Waals surface area (Å²) in [4.78, 5) is 14.2. The fourth-order valence-electron chi connectivity index (χ4n) is 1.37. The zero-order valence-electron chi connectivity index (χ0n) is 8.01. The van der Waals surface area contributed by atoms with Gasteiger partial charge >= 0.3 is 0 Å². The molecule has 13 heavy (non-hydrogen) atoms. The number of hydrogen-bond donors (Lipinski definition) is 2. The van der Waals surface area contributed by atoms with Gasteiger partial charge in [-0.15, -0.1) is 0 Å². The summed E-state index contributed by atoms with van der Waals surface area (Å²) >= 11 is 0. The highest BCUT2D eigenvalue weighted by Gasteiger charge is 2.07. The van der Waals surface area contributed by atoms with Crippen molar-refractivity contribution >= 4 is 5.71 Å². The molecule has 0 atom stereocenters. The zero-order valence-corrected chi connectivity index (χ0v) is 8.01. The molecule has 0 unspecified atom stereocenters. The van der Waals surface area contributed by atoms with Gasteiger partial charge < -0.3 is 10.8 Å². The largest absolute Gasteiger partial charge is 0.326 e. The van der Waals surface area contributed by atoms with Gasteiger partial charge in [-0.3, -0.25) is 4.79 Å². The lowest BCUT2D eigenvalue weighted by Crippen LogP contribution is -2.20. The van der Waals surface area contributed by atoms with Gasteiger partial charge in [0.25, 0.3) is 5.56 Å². The summed E-state index contributed by atoms with van der Waals surface area (Å²) in [5.41, 5.74) is 2.72. The normalized spacial score (nSPS) is 11.8. The second-order valence-electron chi connectivity index (χ2n) is 3.05. The molecule has 4 heteroatoms. The van der Waals surface area contributed by atoms with Crippen molar-refractivity contribution in [2.75, 3.05) is 0 Å².